The molecule has 2 aromatic rings. The minimum Gasteiger partial charge on any atom is -0.494 e. The highest BCUT2D eigenvalue weighted by atomic mass is 19.1. The van der Waals surface area contributed by atoms with Crippen LogP contribution in [0.1, 0.15) is 5.56 Å². The molecule has 4 N–H and O–H groups in total. The SMILES string of the molecule is COc1cc(Nc2cc3c(cc2N)CC(=O)N3)ccc1F. The molecule has 1 amide bonds. The molecule has 0 saturated heterocycles. The molecule has 21 heavy (non-hydrogen) atoms. The number of halogens is 1. The van der Waals surface area contributed by atoms with Crippen LogP contribution in [-0.2, 0) is 11.2 Å². The highest BCUT2D eigenvalue weighted by Crippen LogP contribution is 2.34. The van der Waals surface area contributed by atoms with E-state index in [0.717, 1.165) is 11.3 Å². The van der Waals surface area contributed by atoms with Gasteiger partial charge < -0.3 is 21.1 Å². The van der Waals surface area contributed by atoms with E-state index in [1.54, 1.807) is 24.3 Å². The van der Waals surface area contributed by atoms with Crippen LogP contribution in [0.3, 0.4) is 0 Å². The molecule has 0 unspecified atom stereocenters. The van der Waals surface area contributed by atoms with Gasteiger partial charge in [-0.2, -0.15) is 0 Å². The average Bonchev–Trinajstić information content (AvgIpc) is 2.80. The fourth-order valence-corrected chi connectivity index (χ4v) is 2.29. The van der Waals surface area contributed by atoms with Gasteiger partial charge in [0.25, 0.3) is 0 Å². The summed E-state index contributed by atoms with van der Waals surface area (Å²) in [6.07, 6.45) is 0.337. The number of anilines is 4. The van der Waals surface area contributed by atoms with Crippen molar-refractivity contribution in [3.63, 3.8) is 0 Å². The molecule has 108 valence electrons. The standard InChI is InChI=1S/C15H14FN3O2/c1-21-14-6-9(2-3-10(14)16)18-13-7-12-8(4-11(13)17)5-15(20)19-12/h2-4,6-7,18H,5,17H2,1H3,(H,19,20). The van der Waals surface area contributed by atoms with Crippen molar-refractivity contribution in [3.05, 3.63) is 41.7 Å². The van der Waals surface area contributed by atoms with E-state index in [0.29, 0.717) is 23.5 Å². The quantitative estimate of drug-likeness (QED) is 0.759. The van der Waals surface area contributed by atoms with Gasteiger partial charge in [0.1, 0.15) is 0 Å². The molecule has 0 saturated carbocycles. The van der Waals surface area contributed by atoms with Crippen molar-refractivity contribution in [2.24, 2.45) is 0 Å². The molecule has 5 nitrogen and oxygen atoms in total. The zero-order valence-electron chi connectivity index (χ0n) is 11.4. The maximum Gasteiger partial charge on any atom is 0.228 e. The van der Waals surface area contributed by atoms with Crippen molar-refractivity contribution < 1.29 is 13.9 Å². The summed E-state index contributed by atoms with van der Waals surface area (Å²) in [4.78, 5) is 11.4. The lowest BCUT2D eigenvalue weighted by Crippen LogP contribution is -2.03. The molecule has 1 heterocycles. The van der Waals surface area contributed by atoms with Crippen molar-refractivity contribution >= 4 is 28.7 Å². The summed E-state index contributed by atoms with van der Waals surface area (Å²) in [6, 6.07) is 7.97. The fourth-order valence-electron chi connectivity index (χ4n) is 2.29. The number of nitrogens with one attached hydrogen (secondary N) is 2. The smallest absolute Gasteiger partial charge is 0.228 e. The molecule has 0 aromatic heterocycles. The van der Waals surface area contributed by atoms with Crippen LogP contribution in [0.2, 0.25) is 0 Å². The molecule has 0 atom stereocenters. The molecule has 6 heteroatoms. The summed E-state index contributed by atoms with van der Waals surface area (Å²) >= 11 is 0. The van der Waals surface area contributed by atoms with E-state index in [2.05, 4.69) is 10.6 Å². The Balaban J connectivity index is 1.92. The number of hydrogen-bond donors (Lipinski definition) is 3. The molecule has 0 aliphatic carbocycles. The number of methoxy groups -OCH3 is 1. The molecule has 0 bridgehead atoms. The predicted octanol–water partition coefficient (Wildman–Crippen LogP) is 2.65. The molecule has 0 fully saturated rings. The normalized spacial score (nSPS) is 12.8. The van der Waals surface area contributed by atoms with E-state index >= 15 is 0 Å². The fraction of sp³-hybridized carbons (Fsp3) is 0.133. The van der Waals surface area contributed by atoms with E-state index < -0.39 is 5.82 Å². The minimum atomic E-state index is -0.433. The van der Waals surface area contributed by atoms with Gasteiger partial charge in [-0.1, -0.05) is 0 Å². The lowest BCUT2D eigenvalue weighted by atomic mass is 10.1. The zero-order valence-corrected chi connectivity index (χ0v) is 11.4. The van der Waals surface area contributed by atoms with Crippen LogP contribution < -0.4 is 21.1 Å². The maximum atomic E-state index is 13.4. The third kappa shape index (κ3) is 2.47. The molecule has 0 spiro atoms. The first-order chi connectivity index (χ1) is 10.1. The Kier molecular flexibility index (Phi) is 3.13. The first kappa shape index (κ1) is 13.2. The van der Waals surface area contributed by atoms with Crippen molar-refractivity contribution in [1.29, 1.82) is 0 Å². The van der Waals surface area contributed by atoms with E-state index in [1.807, 2.05) is 0 Å². The predicted molar refractivity (Wildman–Crippen MR) is 79.4 cm³/mol. The second-order valence-electron chi connectivity index (χ2n) is 4.80. The second-order valence-corrected chi connectivity index (χ2v) is 4.80. The molecule has 2 aromatic carbocycles. The van der Waals surface area contributed by atoms with E-state index in [-0.39, 0.29) is 11.7 Å². The third-order valence-corrected chi connectivity index (χ3v) is 3.33. The van der Waals surface area contributed by atoms with Crippen LogP contribution in [0, 0.1) is 5.82 Å². The second kappa shape index (κ2) is 4.97. The number of nitrogens with two attached hydrogens (primary N) is 1. The Morgan fingerprint density at radius 1 is 1.33 bits per heavy atom. The lowest BCUT2D eigenvalue weighted by Gasteiger charge is -2.12. The van der Waals surface area contributed by atoms with Crippen LogP contribution in [0.25, 0.3) is 0 Å². The molecule has 1 aliphatic rings. The number of amides is 1. The Bertz CT molecular complexity index is 731. The Morgan fingerprint density at radius 3 is 2.90 bits per heavy atom. The first-order valence-electron chi connectivity index (χ1n) is 6.39. The van der Waals surface area contributed by atoms with Gasteiger partial charge in [0.15, 0.2) is 11.6 Å². The van der Waals surface area contributed by atoms with Gasteiger partial charge in [-0.3, -0.25) is 4.79 Å². The van der Waals surface area contributed by atoms with Crippen molar-refractivity contribution in [2.45, 2.75) is 6.42 Å². The van der Waals surface area contributed by atoms with Crippen molar-refractivity contribution in [1.82, 2.24) is 0 Å². The summed E-state index contributed by atoms with van der Waals surface area (Å²) in [5, 5.41) is 5.86. The van der Waals surface area contributed by atoms with Crippen LogP contribution in [-0.4, -0.2) is 13.0 Å². The van der Waals surface area contributed by atoms with Gasteiger partial charge in [0.2, 0.25) is 5.91 Å². The largest absolute Gasteiger partial charge is 0.494 e. The Labute approximate surface area is 120 Å². The number of rotatable bonds is 3. The average molecular weight is 287 g/mol. The summed E-state index contributed by atoms with van der Waals surface area (Å²) in [7, 11) is 1.40. The maximum absolute atomic E-state index is 13.4. The minimum absolute atomic E-state index is 0.0509. The van der Waals surface area contributed by atoms with Crippen molar-refractivity contribution in [3.8, 4) is 5.75 Å². The third-order valence-electron chi connectivity index (χ3n) is 3.33. The number of ether oxygens (including phenoxy) is 1. The number of benzene rings is 2. The van der Waals surface area contributed by atoms with Crippen LogP contribution in [0.15, 0.2) is 30.3 Å². The number of hydrogen-bond acceptors (Lipinski definition) is 4. The monoisotopic (exact) mass is 287 g/mol. The molecule has 0 radical (unpaired) electrons. The van der Waals surface area contributed by atoms with Crippen LogP contribution in [0.5, 0.6) is 5.75 Å². The van der Waals surface area contributed by atoms with E-state index in [4.69, 9.17) is 10.5 Å². The first-order valence-corrected chi connectivity index (χ1v) is 6.39. The van der Waals surface area contributed by atoms with Gasteiger partial charge in [0, 0.05) is 17.4 Å². The molecule has 1 aliphatic heterocycles. The number of carbonyl (C=O) groups is 1. The summed E-state index contributed by atoms with van der Waals surface area (Å²) in [5.74, 6) is -0.338. The summed E-state index contributed by atoms with van der Waals surface area (Å²) < 4.78 is 18.3. The Morgan fingerprint density at radius 2 is 2.14 bits per heavy atom. The topological polar surface area (TPSA) is 76.4 Å². The molecular formula is C15H14FN3O2. The number of fused-ring (bicyclic) bond motifs is 1. The summed E-state index contributed by atoms with van der Waals surface area (Å²) in [5.41, 5.74) is 9.40. The van der Waals surface area contributed by atoms with Crippen LogP contribution in [0.4, 0.5) is 27.1 Å². The number of nitrogen functional groups attached to an aromatic ring is 1. The van der Waals surface area contributed by atoms with Gasteiger partial charge in [-0.15, -0.1) is 0 Å². The summed E-state index contributed by atoms with van der Waals surface area (Å²) in [6.45, 7) is 0. The number of carbonyl (C=O) groups excluding carboxylic acids is 1. The van der Waals surface area contributed by atoms with E-state index in [1.165, 1.54) is 13.2 Å². The molecule has 3 rings (SSSR count). The van der Waals surface area contributed by atoms with Gasteiger partial charge in [-0.25, -0.2) is 4.39 Å². The van der Waals surface area contributed by atoms with Gasteiger partial charge in [0.05, 0.1) is 24.9 Å². The van der Waals surface area contributed by atoms with Crippen LogP contribution >= 0.6 is 0 Å². The highest BCUT2D eigenvalue weighted by Gasteiger charge is 2.19. The Hall–Kier alpha value is -2.76. The zero-order chi connectivity index (χ0) is 15.0. The molecular weight excluding hydrogens is 273 g/mol. The van der Waals surface area contributed by atoms with E-state index in [9.17, 15) is 9.18 Å². The van der Waals surface area contributed by atoms with Gasteiger partial charge >= 0.3 is 0 Å². The highest BCUT2D eigenvalue weighted by molar-refractivity contribution is 6.01. The van der Waals surface area contributed by atoms with Crippen molar-refractivity contribution in [2.75, 3.05) is 23.5 Å². The lowest BCUT2D eigenvalue weighted by molar-refractivity contribution is -0.115. The van der Waals surface area contributed by atoms with Gasteiger partial charge in [-0.05, 0) is 29.8 Å².